The van der Waals surface area contributed by atoms with Gasteiger partial charge in [0.15, 0.2) is 0 Å². The molecule has 0 saturated heterocycles. The number of thiophene rings is 1. The predicted molar refractivity (Wildman–Crippen MR) is 59.7 cm³/mol. The molecule has 2 rings (SSSR count). The molecule has 0 spiro atoms. The molecule has 0 aliphatic carbocycles. The molecule has 0 bridgehead atoms. The van der Waals surface area contributed by atoms with Crippen LogP contribution in [0.15, 0.2) is 30.3 Å². The van der Waals surface area contributed by atoms with E-state index in [9.17, 15) is 4.39 Å². The first-order chi connectivity index (χ1) is 6.66. The van der Waals surface area contributed by atoms with E-state index in [1.54, 1.807) is 18.2 Å². The maximum atomic E-state index is 12.7. The summed E-state index contributed by atoms with van der Waals surface area (Å²) in [5.41, 5.74) is 0.883. The van der Waals surface area contributed by atoms with Crippen LogP contribution in [-0.4, -0.2) is 0 Å². The molecule has 0 aliphatic rings. The standard InChI is InChI=1S/C10H5Cl2FS/c11-8-5-9(12)14-10(8)6-1-3-7(13)4-2-6/h1-5H. The van der Waals surface area contributed by atoms with E-state index in [4.69, 9.17) is 23.2 Å². The molecule has 14 heavy (non-hydrogen) atoms. The molecule has 0 atom stereocenters. The Morgan fingerprint density at radius 3 is 2.21 bits per heavy atom. The number of hydrogen-bond donors (Lipinski definition) is 0. The van der Waals surface area contributed by atoms with Crippen molar-refractivity contribution in [2.24, 2.45) is 0 Å². The highest BCUT2D eigenvalue weighted by molar-refractivity contribution is 7.20. The van der Waals surface area contributed by atoms with Crippen molar-refractivity contribution in [1.29, 1.82) is 0 Å². The second-order valence-corrected chi connectivity index (χ2v) is 4.83. The molecule has 2 aromatic rings. The van der Waals surface area contributed by atoms with E-state index in [-0.39, 0.29) is 5.82 Å². The average Bonchev–Trinajstić information content (AvgIpc) is 2.47. The van der Waals surface area contributed by atoms with Gasteiger partial charge in [-0.05, 0) is 23.8 Å². The highest BCUT2D eigenvalue weighted by Gasteiger charge is 2.07. The largest absolute Gasteiger partial charge is 0.207 e. The summed E-state index contributed by atoms with van der Waals surface area (Å²) in [5.74, 6) is -0.257. The third-order valence-corrected chi connectivity index (χ3v) is 3.49. The van der Waals surface area contributed by atoms with Crippen molar-refractivity contribution in [2.45, 2.75) is 0 Å². The molecule has 1 aromatic heterocycles. The van der Waals surface area contributed by atoms with E-state index >= 15 is 0 Å². The Hall–Kier alpha value is -0.570. The van der Waals surface area contributed by atoms with Crippen LogP contribution >= 0.6 is 34.5 Å². The third-order valence-electron chi connectivity index (χ3n) is 1.76. The lowest BCUT2D eigenvalue weighted by molar-refractivity contribution is 0.628. The molecule has 0 N–H and O–H groups in total. The topological polar surface area (TPSA) is 0 Å². The summed E-state index contributed by atoms with van der Waals surface area (Å²) >= 11 is 13.1. The van der Waals surface area contributed by atoms with Crippen molar-refractivity contribution < 1.29 is 4.39 Å². The third kappa shape index (κ3) is 1.92. The molecule has 72 valence electrons. The lowest BCUT2D eigenvalue weighted by atomic mass is 10.2. The normalized spacial score (nSPS) is 10.5. The van der Waals surface area contributed by atoms with Crippen molar-refractivity contribution in [3.8, 4) is 10.4 Å². The predicted octanol–water partition coefficient (Wildman–Crippen LogP) is 4.86. The van der Waals surface area contributed by atoms with Crippen molar-refractivity contribution in [3.63, 3.8) is 0 Å². The summed E-state index contributed by atoms with van der Waals surface area (Å²) in [6.45, 7) is 0. The van der Waals surface area contributed by atoms with Crippen LogP contribution in [0.3, 0.4) is 0 Å². The Kier molecular flexibility index (Phi) is 2.77. The number of hydrogen-bond acceptors (Lipinski definition) is 1. The Balaban J connectivity index is 2.49. The molecule has 0 aliphatic heterocycles. The monoisotopic (exact) mass is 246 g/mol. The van der Waals surface area contributed by atoms with Gasteiger partial charge in [-0.3, -0.25) is 0 Å². The first-order valence-corrected chi connectivity index (χ1v) is 5.45. The second-order valence-electron chi connectivity index (χ2n) is 2.73. The van der Waals surface area contributed by atoms with Crippen LogP contribution in [0.25, 0.3) is 10.4 Å². The molecule has 1 aromatic carbocycles. The van der Waals surface area contributed by atoms with Gasteiger partial charge < -0.3 is 0 Å². The fourth-order valence-corrected chi connectivity index (χ4v) is 2.72. The zero-order valence-electron chi connectivity index (χ0n) is 6.93. The van der Waals surface area contributed by atoms with Gasteiger partial charge in [-0.2, -0.15) is 0 Å². The van der Waals surface area contributed by atoms with Crippen LogP contribution in [0, 0.1) is 5.82 Å². The van der Waals surface area contributed by atoms with Crippen molar-refractivity contribution in [2.75, 3.05) is 0 Å². The van der Waals surface area contributed by atoms with Crippen molar-refractivity contribution in [1.82, 2.24) is 0 Å². The minimum atomic E-state index is -0.257. The zero-order chi connectivity index (χ0) is 10.1. The average molecular weight is 247 g/mol. The Morgan fingerprint density at radius 2 is 1.71 bits per heavy atom. The Labute approximate surface area is 94.9 Å². The molecule has 0 nitrogen and oxygen atoms in total. The molecular formula is C10H5Cl2FS. The van der Waals surface area contributed by atoms with Crippen LogP contribution in [-0.2, 0) is 0 Å². The smallest absolute Gasteiger partial charge is 0.123 e. The molecule has 0 fully saturated rings. The van der Waals surface area contributed by atoms with Crippen LogP contribution in [0.4, 0.5) is 4.39 Å². The first-order valence-electron chi connectivity index (χ1n) is 3.87. The summed E-state index contributed by atoms with van der Waals surface area (Å²) in [7, 11) is 0. The summed E-state index contributed by atoms with van der Waals surface area (Å²) in [6, 6.07) is 7.86. The van der Waals surface area contributed by atoms with E-state index in [0.29, 0.717) is 9.36 Å². The molecular weight excluding hydrogens is 242 g/mol. The summed E-state index contributed by atoms with van der Waals surface area (Å²) in [5, 5.41) is 0.603. The maximum absolute atomic E-state index is 12.7. The van der Waals surface area contributed by atoms with Gasteiger partial charge in [0, 0.05) is 0 Å². The highest BCUT2D eigenvalue weighted by Crippen LogP contribution is 2.38. The van der Waals surface area contributed by atoms with E-state index in [0.717, 1.165) is 10.4 Å². The van der Waals surface area contributed by atoms with Gasteiger partial charge in [-0.1, -0.05) is 35.3 Å². The van der Waals surface area contributed by atoms with Gasteiger partial charge in [0.05, 0.1) is 14.2 Å². The first kappa shape index (κ1) is 9.97. The maximum Gasteiger partial charge on any atom is 0.123 e. The summed E-state index contributed by atoms with van der Waals surface area (Å²) in [6.07, 6.45) is 0. The van der Waals surface area contributed by atoms with Crippen molar-refractivity contribution in [3.05, 3.63) is 45.5 Å². The SMILES string of the molecule is Fc1ccc(-c2sc(Cl)cc2Cl)cc1. The molecule has 0 saturated carbocycles. The van der Waals surface area contributed by atoms with Crippen LogP contribution < -0.4 is 0 Å². The summed E-state index contributed by atoms with van der Waals surface area (Å²) in [4.78, 5) is 0.872. The van der Waals surface area contributed by atoms with Crippen LogP contribution in [0.2, 0.25) is 9.36 Å². The summed E-state index contributed by atoms with van der Waals surface area (Å²) < 4.78 is 13.3. The van der Waals surface area contributed by atoms with Gasteiger partial charge >= 0.3 is 0 Å². The minimum Gasteiger partial charge on any atom is -0.207 e. The molecule has 0 unspecified atom stereocenters. The lowest BCUT2D eigenvalue weighted by Gasteiger charge is -1.97. The number of halogens is 3. The van der Waals surface area contributed by atoms with E-state index < -0.39 is 0 Å². The van der Waals surface area contributed by atoms with Gasteiger partial charge in [0.2, 0.25) is 0 Å². The molecule has 1 heterocycles. The van der Waals surface area contributed by atoms with Gasteiger partial charge in [-0.15, -0.1) is 11.3 Å². The fourth-order valence-electron chi connectivity index (χ4n) is 1.14. The Morgan fingerprint density at radius 1 is 1.07 bits per heavy atom. The van der Waals surface area contributed by atoms with Gasteiger partial charge in [0.25, 0.3) is 0 Å². The highest BCUT2D eigenvalue weighted by atomic mass is 35.5. The quantitative estimate of drug-likeness (QED) is 0.674. The van der Waals surface area contributed by atoms with Crippen LogP contribution in [0.5, 0.6) is 0 Å². The van der Waals surface area contributed by atoms with E-state index in [2.05, 4.69) is 0 Å². The van der Waals surface area contributed by atoms with Gasteiger partial charge in [0.1, 0.15) is 5.82 Å². The minimum absolute atomic E-state index is 0.257. The van der Waals surface area contributed by atoms with Crippen LogP contribution in [0.1, 0.15) is 0 Å². The van der Waals surface area contributed by atoms with E-state index in [1.165, 1.54) is 23.5 Å². The lowest BCUT2D eigenvalue weighted by Crippen LogP contribution is -1.74. The zero-order valence-corrected chi connectivity index (χ0v) is 9.26. The van der Waals surface area contributed by atoms with E-state index in [1.807, 2.05) is 0 Å². The fraction of sp³-hybridized carbons (Fsp3) is 0. The molecule has 0 amide bonds. The molecule has 4 heteroatoms. The van der Waals surface area contributed by atoms with Crippen molar-refractivity contribution >= 4 is 34.5 Å². The molecule has 0 radical (unpaired) electrons. The second kappa shape index (κ2) is 3.89. The number of benzene rings is 1. The van der Waals surface area contributed by atoms with Gasteiger partial charge in [-0.25, -0.2) is 4.39 Å². The number of rotatable bonds is 1. The Bertz CT molecular complexity index is 448.